The summed E-state index contributed by atoms with van der Waals surface area (Å²) in [5, 5.41) is 0. The van der Waals surface area contributed by atoms with Gasteiger partial charge in [-0.05, 0) is 39.2 Å². The number of nitrogens with zero attached hydrogens (tertiary/aromatic N) is 4. The van der Waals surface area contributed by atoms with Crippen LogP contribution in [0.5, 0.6) is 0 Å². The molecule has 0 spiro atoms. The van der Waals surface area contributed by atoms with E-state index in [1.807, 2.05) is 18.4 Å². The molecule has 0 aliphatic heterocycles. The molecule has 2 heterocycles. The van der Waals surface area contributed by atoms with Crippen LogP contribution in [0, 0.1) is 5.92 Å². The molecule has 1 aliphatic rings. The molecule has 3 rings (SSSR count). The summed E-state index contributed by atoms with van der Waals surface area (Å²) < 4.78 is 4.61. The zero-order valence-electron chi connectivity index (χ0n) is 15.5. The first-order chi connectivity index (χ1) is 11.9. The number of aromatic nitrogens is 4. The van der Waals surface area contributed by atoms with Crippen molar-refractivity contribution >= 4 is 11.2 Å². The second-order valence-electron chi connectivity index (χ2n) is 7.27. The summed E-state index contributed by atoms with van der Waals surface area (Å²) in [6.07, 6.45) is 5.31. The Balaban J connectivity index is 2.32. The van der Waals surface area contributed by atoms with Gasteiger partial charge in [0, 0.05) is 26.6 Å². The van der Waals surface area contributed by atoms with Crippen molar-refractivity contribution in [2.24, 2.45) is 25.7 Å². The molecule has 2 atom stereocenters. The normalized spacial score (nSPS) is 20.4. The highest BCUT2D eigenvalue weighted by Gasteiger charge is 2.32. The summed E-state index contributed by atoms with van der Waals surface area (Å²) in [6, 6.07) is 0. The number of rotatable bonds is 4. The highest BCUT2D eigenvalue weighted by Crippen LogP contribution is 2.39. The number of nitrogens with two attached hydrogens (primary N) is 1. The van der Waals surface area contributed by atoms with Gasteiger partial charge in [0.05, 0.1) is 0 Å². The van der Waals surface area contributed by atoms with Gasteiger partial charge in [0.25, 0.3) is 5.56 Å². The van der Waals surface area contributed by atoms with Crippen molar-refractivity contribution in [1.82, 2.24) is 18.7 Å². The van der Waals surface area contributed by atoms with Gasteiger partial charge in [0.2, 0.25) is 0 Å². The number of hydrogen-bond acceptors (Lipinski definition) is 4. The summed E-state index contributed by atoms with van der Waals surface area (Å²) in [4.78, 5) is 29.8. The fourth-order valence-corrected chi connectivity index (χ4v) is 3.86. The third-order valence-electron chi connectivity index (χ3n) is 5.35. The zero-order chi connectivity index (χ0) is 18.3. The van der Waals surface area contributed by atoms with Crippen LogP contribution in [-0.2, 0) is 20.6 Å². The maximum atomic E-state index is 12.8. The van der Waals surface area contributed by atoms with Gasteiger partial charge in [-0.15, -0.1) is 0 Å². The van der Waals surface area contributed by atoms with Crippen molar-refractivity contribution in [3.05, 3.63) is 38.3 Å². The second kappa shape index (κ2) is 6.63. The molecule has 2 aromatic rings. The van der Waals surface area contributed by atoms with Gasteiger partial charge < -0.3 is 10.3 Å². The minimum atomic E-state index is -0.349. The minimum Gasteiger partial charge on any atom is -0.330 e. The molecule has 7 heteroatoms. The Labute approximate surface area is 146 Å². The lowest BCUT2D eigenvalue weighted by atomic mass is 9.95. The van der Waals surface area contributed by atoms with Crippen molar-refractivity contribution in [2.45, 2.75) is 45.6 Å². The topological polar surface area (TPSA) is 87.8 Å². The Morgan fingerprint density at radius 1 is 1.24 bits per heavy atom. The van der Waals surface area contributed by atoms with Crippen LogP contribution in [0.2, 0.25) is 0 Å². The molecular weight excluding hydrogens is 318 g/mol. The molecule has 0 amide bonds. The van der Waals surface area contributed by atoms with Crippen molar-refractivity contribution in [3.63, 3.8) is 0 Å². The number of allylic oxidation sites excluding steroid dienone is 2. The molecule has 2 N–H and O–H groups in total. The van der Waals surface area contributed by atoms with E-state index in [-0.39, 0.29) is 17.2 Å². The first-order valence-corrected chi connectivity index (χ1v) is 8.86. The highest BCUT2D eigenvalue weighted by atomic mass is 16.2. The van der Waals surface area contributed by atoms with Crippen LogP contribution in [0.3, 0.4) is 0 Å². The Hall–Kier alpha value is -2.15. The predicted octanol–water partition coefficient (Wildman–Crippen LogP) is 1.24. The largest absolute Gasteiger partial charge is 0.332 e. The summed E-state index contributed by atoms with van der Waals surface area (Å²) in [5.41, 5.74) is 7.47. The SMILES string of the molecule is CC(C)=CCn1c(C2CCCC2CN)nc2c1c(=O)n(C)c(=O)n2C. The summed E-state index contributed by atoms with van der Waals surface area (Å²) >= 11 is 0. The van der Waals surface area contributed by atoms with Gasteiger partial charge in [0.15, 0.2) is 11.2 Å². The maximum absolute atomic E-state index is 12.8. The van der Waals surface area contributed by atoms with Crippen LogP contribution in [0.15, 0.2) is 21.2 Å². The fraction of sp³-hybridized carbons (Fsp3) is 0.611. The average molecular weight is 345 g/mol. The summed E-state index contributed by atoms with van der Waals surface area (Å²) in [7, 11) is 3.18. The number of imidazole rings is 1. The Morgan fingerprint density at radius 2 is 1.96 bits per heavy atom. The van der Waals surface area contributed by atoms with Gasteiger partial charge in [0.1, 0.15) is 5.82 Å². The van der Waals surface area contributed by atoms with E-state index in [1.54, 1.807) is 7.05 Å². The minimum absolute atomic E-state index is 0.239. The third kappa shape index (κ3) is 2.86. The van der Waals surface area contributed by atoms with E-state index in [1.165, 1.54) is 17.2 Å². The molecule has 1 saturated carbocycles. The van der Waals surface area contributed by atoms with E-state index in [0.717, 1.165) is 29.7 Å². The fourth-order valence-electron chi connectivity index (χ4n) is 3.86. The number of hydrogen-bond donors (Lipinski definition) is 1. The monoisotopic (exact) mass is 345 g/mol. The molecule has 2 aromatic heterocycles. The van der Waals surface area contributed by atoms with Crippen LogP contribution >= 0.6 is 0 Å². The Kier molecular flexibility index (Phi) is 4.69. The van der Waals surface area contributed by atoms with Gasteiger partial charge in [-0.25, -0.2) is 9.78 Å². The molecule has 1 aliphatic carbocycles. The lowest BCUT2D eigenvalue weighted by Crippen LogP contribution is -2.37. The second-order valence-corrected chi connectivity index (χ2v) is 7.27. The maximum Gasteiger partial charge on any atom is 0.332 e. The molecule has 0 aromatic carbocycles. The number of aryl methyl sites for hydroxylation is 1. The van der Waals surface area contributed by atoms with E-state index >= 15 is 0 Å². The standard InChI is InChI=1S/C18H27N5O2/c1-11(2)8-9-23-14-16(21(3)18(25)22(4)17(14)24)20-15(23)13-7-5-6-12(13)10-19/h8,12-13H,5-7,9-10,19H2,1-4H3. The molecule has 136 valence electrons. The first kappa shape index (κ1) is 17.7. The van der Waals surface area contributed by atoms with E-state index in [4.69, 9.17) is 10.7 Å². The van der Waals surface area contributed by atoms with E-state index in [0.29, 0.717) is 30.2 Å². The van der Waals surface area contributed by atoms with Crippen molar-refractivity contribution in [2.75, 3.05) is 6.54 Å². The quantitative estimate of drug-likeness (QED) is 0.845. The molecule has 2 unspecified atom stereocenters. The summed E-state index contributed by atoms with van der Waals surface area (Å²) in [6.45, 7) is 5.26. The van der Waals surface area contributed by atoms with Crippen molar-refractivity contribution in [1.29, 1.82) is 0 Å². The van der Waals surface area contributed by atoms with Gasteiger partial charge in [-0.2, -0.15) is 0 Å². The average Bonchev–Trinajstić information content (AvgIpc) is 3.19. The molecule has 0 radical (unpaired) electrons. The van der Waals surface area contributed by atoms with Crippen molar-refractivity contribution < 1.29 is 0 Å². The third-order valence-corrected chi connectivity index (χ3v) is 5.35. The highest BCUT2D eigenvalue weighted by molar-refractivity contribution is 5.71. The van der Waals surface area contributed by atoms with Gasteiger partial charge >= 0.3 is 5.69 Å². The lowest BCUT2D eigenvalue weighted by molar-refractivity contribution is 0.465. The first-order valence-electron chi connectivity index (χ1n) is 8.86. The van der Waals surface area contributed by atoms with Gasteiger partial charge in [-0.1, -0.05) is 18.1 Å². The molecule has 1 fully saturated rings. The van der Waals surface area contributed by atoms with Crippen LogP contribution in [-0.4, -0.2) is 25.2 Å². The summed E-state index contributed by atoms with van der Waals surface area (Å²) in [5.74, 6) is 1.50. The smallest absolute Gasteiger partial charge is 0.330 e. The number of fused-ring (bicyclic) bond motifs is 1. The van der Waals surface area contributed by atoms with Crippen LogP contribution in [0.25, 0.3) is 11.2 Å². The Morgan fingerprint density at radius 3 is 2.60 bits per heavy atom. The molecular formula is C18H27N5O2. The zero-order valence-corrected chi connectivity index (χ0v) is 15.5. The predicted molar refractivity (Wildman–Crippen MR) is 98.8 cm³/mol. The molecule has 7 nitrogen and oxygen atoms in total. The Bertz CT molecular complexity index is 943. The molecule has 0 bridgehead atoms. The van der Waals surface area contributed by atoms with Crippen LogP contribution in [0.1, 0.15) is 44.9 Å². The molecule has 0 saturated heterocycles. The van der Waals surface area contributed by atoms with E-state index in [2.05, 4.69) is 6.08 Å². The van der Waals surface area contributed by atoms with Crippen LogP contribution < -0.4 is 17.0 Å². The van der Waals surface area contributed by atoms with Gasteiger partial charge in [-0.3, -0.25) is 13.9 Å². The lowest BCUT2D eigenvalue weighted by Gasteiger charge is -2.18. The van der Waals surface area contributed by atoms with Crippen molar-refractivity contribution in [3.8, 4) is 0 Å². The van der Waals surface area contributed by atoms with Crippen LogP contribution in [0.4, 0.5) is 0 Å². The van der Waals surface area contributed by atoms with E-state index in [9.17, 15) is 9.59 Å². The van der Waals surface area contributed by atoms with E-state index < -0.39 is 0 Å². The molecule has 25 heavy (non-hydrogen) atoms.